The third-order valence-electron chi connectivity index (χ3n) is 5.66. The van der Waals surface area contributed by atoms with Gasteiger partial charge in [-0.2, -0.15) is 0 Å². The van der Waals surface area contributed by atoms with E-state index in [4.69, 9.17) is 0 Å². The minimum absolute atomic E-state index is 0.0135. The third kappa shape index (κ3) is 4.42. The van der Waals surface area contributed by atoms with E-state index in [0.29, 0.717) is 31.5 Å². The van der Waals surface area contributed by atoms with E-state index in [1.165, 1.54) is 24.8 Å². The number of hydrogen-bond acceptors (Lipinski definition) is 2. The van der Waals surface area contributed by atoms with Crippen LogP contribution in [-0.4, -0.2) is 29.3 Å². The van der Waals surface area contributed by atoms with Crippen LogP contribution < -0.4 is 5.32 Å². The first kappa shape index (κ1) is 18.0. The Morgan fingerprint density at radius 1 is 1.16 bits per heavy atom. The molecule has 3 rings (SSSR count). The second-order valence-electron chi connectivity index (χ2n) is 7.85. The molecule has 2 aliphatic rings. The number of likely N-dealkylation sites (tertiary alicyclic amines) is 1. The molecule has 4 heteroatoms. The number of nitrogens with zero attached hydrogens (tertiary/aromatic N) is 1. The molecule has 25 heavy (non-hydrogen) atoms. The van der Waals surface area contributed by atoms with Crippen molar-refractivity contribution in [2.45, 2.75) is 70.9 Å². The summed E-state index contributed by atoms with van der Waals surface area (Å²) in [5.74, 6) is 0.496. The molecular formula is C21H30N2O2. The van der Waals surface area contributed by atoms with E-state index in [2.05, 4.69) is 43.4 Å². The van der Waals surface area contributed by atoms with Gasteiger partial charge in [0, 0.05) is 25.6 Å². The van der Waals surface area contributed by atoms with Gasteiger partial charge in [-0.15, -0.1) is 0 Å². The van der Waals surface area contributed by atoms with Gasteiger partial charge >= 0.3 is 0 Å². The van der Waals surface area contributed by atoms with Crippen LogP contribution in [0, 0.1) is 5.92 Å². The molecule has 1 saturated heterocycles. The summed E-state index contributed by atoms with van der Waals surface area (Å²) < 4.78 is 0. The topological polar surface area (TPSA) is 49.4 Å². The van der Waals surface area contributed by atoms with Crippen LogP contribution in [0.3, 0.4) is 0 Å². The Kier molecular flexibility index (Phi) is 5.77. The van der Waals surface area contributed by atoms with E-state index in [-0.39, 0.29) is 17.7 Å². The van der Waals surface area contributed by atoms with Gasteiger partial charge in [-0.3, -0.25) is 9.59 Å². The van der Waals surface area contributed by atoms with E-state index >= 15 is 0 Å². The minimum atomic E-state index is -0.190. The van der Waals surface area contributed by atoms with E-state index in [1.54, 1.807) is 0 Å². The molecule has 0 aromatic heterocycles. The zero-order chi connectivity index (χ0) is 17.8. The van der Waals surface area contributed by atoms with E-state index in [9.17, 15) is 9.59 Å². The quantitative estimate of drug-likeness (QED) is 0.889. The fourth-order valence-corrected chi connectivity index (χ4v) is 4.01. The number of nitrogens with one attached hydrogen (secondary N) is 1. The molecular weight excluding hydrogens is 312 g/mol. The molecule has 1 aliphatic heterocycles. The highest BCUT2D eigenvalue weighted by Gasteiger charge is 2.37. The average molecular weight is 342 g/mol. The van der Waals surface area contributed by atoms with Gasteiger partial charge in [0.05, 0.1) is 5.92 Å². The number of carbonyl (C=O) groups excluding carboxylic acids is 2. The standard InChI is InChI=1S/C21H30N2O2/c1-15(2)17-10-8-16(9-11-17)13-22-21(25)18-12-20(24)23(14-18)19-6-4-3-5-7-19/h8-11,15,18-19H,3-7,12-14H2,1-2H3,(H,22,25). The number of hydrogen-bond donors (Lipinski definition) is 1. The maximum Gasteiger partial charge on any atom is 0.225 e. The third-order valence-corrected chi connectivity index (χ3v) is 5.66. The fourth-order valence-electron chi connectivity index (χ4n) is 4.01. The van der Waals surface area contributed by atoms with Crippen LogP contribution in [0.25, 0.3) is 0 Å². The summed E-state index contributed by atoms with van der Waals surface area (Å²) in [6, 6.07) is 8.75. The highest BCUT2D eigenvalue weighted by atomic mass is 16.2. The maximum atomic E-state index is 12.5. The van der Waals surface area contributed by atoms with Crippen molar-refractivity contribution in [1.82, 2.24) is 10.2 Å². The van der Waals surface area contributed by atoms with Crippen molar-refractivity contribution in [3.63, 3.8) is 0 Å². The molecule has 1 atom stereocenters. The number of benzene rings is 1. The molecule has 2 amide bonds. The smallest absolute Gasteiger partial charge is 0.225 e. The Bertz CT molecular complexity index is 603. The molecule has 4 nitrogen and oxygen atoms in total. The molecule has 2 fully saturated rings. The zero-order valence-electron chi connectivity index (χ0n) is 15.5. The first-order chi connectivity index (χ1) is 12.0. The van der Waals surface area contributed by atoms with Crippen molar-refractivity contribution in [1.29, 1.82) is 0 Å². The molecule has 136 valence electrons. The lowest BCUT2D eigenvalue weighted by molar-refractivity contribution is -0.130. The lowest BCUT2D eigenvalue weighted by Crippen LogP contribution is -2.39. The first-order valence-corrected chi connectivity index (χ1v) is 9.70. The van der Waals surface area contributed by atoms with Gasteiger partial charge in [-0.05, 0) is 29.9 Å². The summed E-state index contributed by atoms with van der Waals surface area (Å²) in [5.41, 5.74) is 2.41. The molecule has 1 aromatic carbocycles. The molecule has 0 radical (unpaired) electrons. The summed E-state index contributed by atoms with van der Waals surface area (Å²) >= 11 is 0. The van der Waals surface area contributed by atoms with Crippen molar-refractivity contribution < 1.29 is 9.59 Å². The Hall–Kier alpha value is -1.84. The minimum Gasteiger partial charge on any atom is -0.352 e. The molecule has 1 aromatic rings. The van der Waals surface area contributed by atoms with E-state index in [0.717, 1.165) is 18.4 Å². The number of rotatable bonds is 5. The van der Waals surface area contributed by atoms with E-state index < -0.39 is 0 Å². The molecule has 1 saturated carbocycles. The maximum absolute atomic E-state index is 12.5. The van der Waals surface area contributed by atoms with Crippen LogP contribution in [0.2, 0.25) is 0 Å². The Balaban J connectivity index is 1.50. The Morgan fingerprint density at radius 2 is 1.84 bits per heavy atom. The monoisotopic (exact) mass is 342 g/mol. The van der Waals surface area contributed by atoms with Gasteiger partial charge in [0.2, 0.25) is 11.8 Å². The van der Waals surface area contributed by atoms with Crippen LogP contribution in [0.4, 0.5) is 0 Å². The second kappa shape index (κ2) is 8.03. The summed E-state index contributed by atoms with van der Waals surface area (Å²) in [4.78, 5) is 26.8. The van der Waals surface area contributed by atoms with Crippen molar-refractivity contribution in [3.05, 3.63) is 35.4 Å². The predicted octanol–water partition coefficient (Wildman–Crippen LogP) is 3.61. The van der Waals surface area contributed by atoms with Crippen molar-refractivity contribution in [3.8, 4) is 0 Å². The predicted molar refractivity (Wildman–Crippen MR) is 99.1 cm³/mol. The van der Waals surface area contributed by atoms with Crippen LogP contribution in [0.5, 0.6) is 0 Å². The second-order valence-corrected chi connectivity index (χ2v) is 7.85. The van der Waals surface area contributed by atoms with Crippen molar-refractivity contribution >= 4 is 11.8 Å². The van der Waals surface area contributed by atoms with Crippen LogP contribution >= 0.6 is 0 Å². The first-order valence-electron chi connectivity index (χ1n) is 9.70. The molecule has 1 unspecified atom stereocenters. The van der Waals surface area contributed by atoms with Gasteiger partial charge in [0.15, 0.2) is 0 Å². The SMILES string of the molecule is CC(C)c1ccc(CNC(=O)C2CC(=O)N(C3CCCCC3)C2)cc1. The normalized spacial score (nSPS) is 21.8. The summed E-state index contributed by atoms with van der Waals surface area (Å²) in [6.45, 7) is 5.48. The van der Waals surface area contributed by atoms with Crippen LogP contribution in [0.15, 0.2) is 24.3 Å². The van der Waals surface area contributed by atoms with Gasteiger partial charge in [0.25, 0.3) is 0 Å². The molecule has 1 heterocycles. The van der Waals surface area contributed by atoms with Gasteiger partial charge in [0.1, 0.15) is 0 Å². The van der Waals surface area contributed by atoms with Gasteiger partial charge in [-0.1, -0.05) is 57.4 Å². The van der Waals surface area contributed by atoms with E-state index in [1.807, 2.05) is 4.90 Å². The highest BCUT2D eigenvalue weighted by Crippen LogP contribution is 2.28. The Labute approximate surface area is 151 Å². The highest BCUT2D eigenvalue weighted by molar-refractivity contribution is 5.89. The summed E-state index contributed by atoms with van der Waals surface area (Å²) in [5, 5.41) is 3.02. The van der Waals surface area contributed by atoms with Crippen molar-refractivity contribution in [2.24, 2.45) is 5.92 Å². The van der Waals surface area contributed by atoms with Crippen LogP contribution in [0.1, 0.15) is 69.4 Å². The number of amides is 2. The van der Waals surface area contributed by atoms with Gasteiger partial charge in [-0.25, -0.2) is 0 Å². The molecule has 0 bridgehead atoms. The number of carbonyl (C=O) groups is 2. The largest absolute Gasteiger partial charge is 0.352 e. The summed E-state index contributed by atoms with van der Waals surface area (Å²) in [7, 11) is 0. The Morgan fingerprint density at radius 3 is 2.48 bits per heavy atom. The van der Waals surface area contributed by atoms with Gasteiger partial charge < -0.3 is 10.2 Å². The molecule has 0 spiro atoms. The average Bonchev–Trinajstić information content (AvgIpc) is 3.02. The lowest BCUT2D eigenvalue weighted by atomic mass is 9.94. The zero-order valence-corrected chi connectivity index (χ0v) is 15.5. The summed E-state index contributed by atoms with van der Waals surface area (Å²) in [6.07, 6.45) is 6.26. The molecule has 1 aliphatic carbocycles. The van der Waals surface area contributed by atoms with Crippen molar-refractivity contribution in [2.75, 3.05) is 6.54 Å². The molecule has 1 N–H and O–H groups in total. The fraction of sp³-hybridized carbons (Fsp3) is 0.619. The van der Waals surface area contributed by atoms with Crippen LogP contribution in [-0.2, 0) is 16.1 Å². The lowest BCUT2D eigenvalue weighted by Gasteiger charge is -2.31.